The predicted molar refractivity (Wildman–Crippen MR) is 77.7 cm³/mol. The summed E-state index contributed by atoms with van der Waals surface area (Å²) >= 11 is 3.35. The Balaban J connectivity index is 2.41. The molecule has 1 amide bonds. The molecule has 0 aliphatic heterocycles. The molecule has 0 saturated heterocycles. The summed E-state index contributed by atoms with van der Waals surface area (Å²) in [5, 5.41) is 9.94. The quantitative estimate of drug-likeness (QED) is 0.932. The number of furan rings is 1. The van der Waals surface area contributed by atoms with Crippen LogP contribution in [0.15, 0.2) is 33.2 Å². The van der Waals surface area contributed by atoms with Crippen LogP contribution in [0.4, 0.5) is 0 Å². The van der Waals surface area contributed by atoms with Crippen LogP contribution in [0, 0.1) is 0 Å². The van der Waals surface area contributed by atoms with Crippen LogP contribution in [0.1, 0.15) is 24.4 Å². The lowest BCUT2D eigenvalue weighted by molar-refractivity contribution is -0.147. The topological polar surface area (TPSA) is 70.8 Å². The number of amides is 1. The average Bonchev–Trinajstić information content (AvgIpc) is 2.82. The third-order valence-electron chi connectivity index (χ3n) is 3.37. The Kier molecular flexibility index (Phi) is 3.60. The van der Waals surface area contributed by atoms with E-state index in [0.717, 1.165) is 14.8 Å². The molecule has 2 rings (SSSR count). The van der Waals surface area contributed by atoms with Crippen LogP contribution in [0.2, 0.25) is 0 Å². The van der Waals surface area contributed by atoms with Crippen molar-refractivity contribution < 1.29 is 19.1 Å². The molecule has 1 aromatic carbocycles. The van der Waals surface area contributed by atoms with Gasteiger partial charge in [0.15, 0.2) is 5.76 Å². The first-order valence-electron chi connectivity index (χ1n) is 5.94. The fourth-order valence-corrected chi connectivity index (χ4v) is 2.16. The van der Waals surface area contributed by atoms with Gasteiger partial charge in [-0.1, -0.05) is 12.1 Å². The second kappa shape index (κ2) is 4.94. The Morgan fingerprint density at radius 2 is 2.00 bits per heavy atom. The number of carbonyl (C=O) groups is 2. The van der Waals surface area contributed by atoms with Gasteiger partial charge in [0, 0.05) is 12.4 Å². The van der Waals surface area contributed by atoms with Gasteiger partial charge in [-0.2, -0.15) is 0 Å². The van der Waals surface area contributed by atoms with E-state index < -0.39 is 17.4 Å². The summed E-state index contributed by atoms with van der Waals surface area (Å²) < 4.78 is 6.27. The van der Waals surface area contributed by atoms with E-state index in [-0.39, 0.29) is 5.76 Å². The van der Waals surface area contributed by atoms with E-state index in [0.29, 0.717) is 5.58 Å². The molecule has 20 heavy (non-hydrogen) atoms. The minimum atomic E-state index is -1.31. The number of halogens is 1. The summed E-state index contributed by atoms with van der Waals surface area (Å²) in [6, 6.07) is 7.08. The zero-order valence-electron chi connectivity index (χ0n) is 11.3. The van der Waals surface area contributed by atoms with Gasteiger partial charge in [0.2, 0.25) is 0 Å². The van der Waals surface area contributed by atoms with Gasteiger partial charge in [-0.15, -0.1) is 0 Å². The van der Waals surface area contributed by atoms with Crippen LogP contribution in [0.5, 0.6) is 0 Å². The van der Waals surface area contributed by atoms with E-state index in [1.165, 1.54) is 20.9 Å². The zero-order valence-corrected chi connectivity index (χ0v) is 12.9. The number of para-hydroxylation sites is 1. The second-order valence-corrected chi connectivity index (χ2v) is 5.85. The molecule has 5 nitrogen and oxygen atoms in total. The Bertz CT molecular complexity index is 690. The van der Waals surface area contributed by atoms with Crippen molar-refractivity contribution in [2.24, 2.45) is 0 Å². The molecule has 0 spiro atoms. The van der Waals surface area contributed by atoms with Crippen molar-refractivity contribution in [3.8, 4) is 0 Å². The molecular weight excluding hydrogens is 326 g/mol. The Labute approximate surface area is 124 Å². The van der Waals surface area contributed by atoms with E-state index in [9.17, 15) is 9.59 Å². The molecule has 1 N–H and O–H groups in total. The van der Waals surface area contributed by atoms with Gasteiger partial charge in [-0.3, -0.25) is 4.79 Å². The van der Waals surface area contributed by atoms with Crippen LogP contribution in [-0.2, 0) is 4.79 Å². The van der Waals surface area contributed by atoms with Crippen molar-refractivity contribution in [2.45, 2.75) is 19.4 Å². The summed E-state index contributed by atoms with van der Waals surface area (Å²) in [7, 11) is 1.44. The minimum absolute atomic E-state index is 0.115. The maximum absolute atomic E-state index is 12.3. The summed E-state index contributed by atoms with van der Waals surface area (Å²) in [4.78, 5) is 24.7. The predicted octanol–water partition coefficient (Wildman–Crippen LogP) is 3.13. The zero-order chi connectivity index (χ0) is 15.1. The average molecular weight is 340 g/mol. The Hall–Kier alpha value is -1.82. The molecule has 0 aliphatic rings. The van der Waals surface area contributed by atoms with Gasteiger partial charge >= 0.3 is 5.97 Å². The number of fused-ring (bicyclic) bond motifs is 1. The highest BCUT2D eigenvalue weighted by Gasteiger charge is 2.36. The number of carbonyl (C=O) groups excluding carboxylic acids is 1. The van der Waals surface area contributed by atoms with Gasteiger partial charge < -0.3 is 14.4 Å². The Morgan fingerprint density at radius 3 is 2.55 bits per heavy atom. The van der Waals surface area contributed by atoms with Crippen LogP contribution in [0.3, 0.4) is 0 Å². The molecular formula is C14H14BrNO4. The maximum Gasteiger partial charge on any atom is 0.329 e. The number of benzene rings is 1. The van der Waals surface area contributed by atoms with Crippen LogP contribution in [0.25, 0.3) is 11.0 Å². The molecule has 0 atom stereocenters. The third-order valence-corrected chi connectivity index (χ3v) is 4.00. The minimum Gasteiger partial charge on any atom is -0.480 e. The standard InChI is InChI=1S/C14H14BrNO4/c1-14(2,13(18)19)16(3)12(17)10-7-8-5-4-6-9(15)11(8)20-10/h4-7H,1-3H3,(H,18,19). The molecule has 0 fully saturated rings. The first-order valence-corrected chi connectivity index (χ1v) is 6.74. The number of hydrogen-bond donors (Lipinski definition) is 1. The summed E-state index contributed by atoms with van der Waals surface area (Å²) in [6.07, 6.45) is 0. The molecule has 1 aromatic heterocycles. The number of rotatable bonds is 3. The molecule has 1 heterocycles. The maximum atomic E-state index is 12.3. The summed E-state index contributed by atoms with van der Waals surface area (Å²) in [5.41, 5.74) is -0.745. The summed E-state index contributed by atoms with van der Waals surface area (Å²) in [6.45, 7) is 2.93. The van der Waals surface area contributed by atoms with Gasteiger partial charge in [0.25, 0.3) is 5.91 Å². The lowest BCUT2D eigenvalue weighted by Gasteiger charge is -2.30. The first-order chi connectivity index (χ1) is 9.25. The monoisotopic (exact) mass is 339 g/mol. The largest absolute Gasteiger partial charge is 0.480 e. The molecule has 0 unspecified atom stereocenters. The molecule has 0 aliphatic carbocycles. The number of hydrogen-bond acceptors (Lipinski definition) is 3. The van der Waals surface area contributed by atoms with Gasteiger partial charge in [0.05, 0.1) is 4.47 Å². The first kappa shape index (κ1) is 14.6. The van der Waals surface area contributed by atoms with E-state index in [1.807, 2.05) is 18.2 Å². The van der Waals surface area contributed by atoms with Crippen LogP contribution >= 0.6 is 15.9 Å². The van der Waals surface area contributed by atoms with Gasteiger partial charge in [-0.25, -0.2) is 4.79 Å². The highest BCUT2D eigenvalue weighted by molar-refractivity contribution is 9.10. The fraction of sp³-hybridized carbons (Fsp3) is 0.286. The smallest absolute Gasteiger partial charge is 0.329 e. The molecule has 0 radical (unpaired) electrons. The van der Waals surface area contributed by atoms with E-state index in [4.69, 9.17) is 9.52 Å². The van der Waals surface area contributed by atoms with Crippen LogP contribution < -0.4 is 0 Å². The van der Waals surface area contributed by atoms with E-state index >= 15 is 0 Å². The van der Waals surface area contributed by atoms with E-state index in [1.54, 1.807) is 6.07 Å². The number of carboxylic acid groups (broad SMARTS) is 1. The van der Waals surface area contributed by atoms with Crippen LogP contribution in [-0.4, -0.2) is 34.5 Å². The van der Waals surface area contributed by atoms with E-state index in [2.05, 4.69) is 15.9 Å². The molecule has 0 bridgehead atoms. The molecule has 0 saturated carbocycles. The number of carboxylic acids is 1. The van der Waals surface area contributed by atoms with Crippen molar-refractivity contribution in [2.75, 3.05) is 7.05 Å². The lowest BCUT2D eigenvalue weighted by Crippen LogP contribution is -2.50. The SMILES string of the molecule is CN(C(=O)c1cc2cccc(Br)c2o1)C(C)(C)C(=O)O. The second-order valence-electron chi connectivity index (χ2n) is 5.00. The Morgan fingerprint density at radius 1 is 1.35 bits per heavy atom. The van der Waals surface area contributed by atoms with Crippen molar-refractivity contribution in [1.29, 1.82) is 0 Å². The normalized spacial score (nSPS) is 11.6. The van der Waals surface area contributed by atoms with Crippen molar-refractivity contribution in [3.05, 3.63) is 34.5 Å². The van der Waals surface area contributed by atoms with Crippen molar-refractivity contribution in [3.63, 3.8) is 0 Å². The van der Waals surface area contributed by atoms with Crippen molar-refractivity contribution in [1.82, 2.24) is 4.90 Å². The molecule has 106 valence electrons. The van der Waals surface area contributed by atoms with Gasteiger partial charge in [0.1, 0.15) is 11.1 Å². The highest BCUT2D eigenvalue weighted by atomic mass is 79.9. The number of aliphatic carboxylic acids is 1. The number of nitrogens with zero attached hydrogens (tertiary/aromatic N) is 1. The lowest BCUT2D eigenvalue weighted by atomic mass is 10.0. The number of likely N-dealkylation sites (N-methyl/N-ethyl adjacent to an activating group) is 1. The third kappa shape index (κ3) is 2.31. The highest BCUT2D eigenvalue weighted by Crippen LogP contribution is 2.28. The molecule has 6 heteroatoms. The van der Waals surface area contributed by atoms with Gasteiger partial charge in [-0.05, 0) is 41.9 Å². The summed E-state index contributed by atoms with van der Waals surface area (Å²) in [5.74, 6) is -1.44. The van der Waals surface area contributed by atoms with Crippen molar-refractivity contribution >= 4 is 38.8 Å². The molecule has 2 aromatic rings. The fourth-order valence-electron chi connectivity index (χ4n) is 1.70.